The van der Waals surface area contributed by atoms with Crippen LogP contribution < -0.4 is 10.5 Å². The van der Waals surface area contributed by atoms with E-state index < -0.39 is 0 Å². The maximum absolute atomic E-state index is 6.20. The van der Waals surface area contributed by atoms with Crippen LogP contribution in [0.2, 0.25) is 0 Å². The van der Waals surface area contributed by atoms with Gasteiger partial charge in [-0.3, -0.25) is 0 Å². The van der Waals surface area contributed by atoms with Crippen molar-refractivity contribution in [3.8, 4) is 5.75 Å². The molecule has 0 radical (unpaired) electrons. The van der Waals surface area contributed by atoms with Crippen LogP contribution in [0.5, 0.6) is 5.75 Å². The van der Waals surface area contributed by atoms with E-state index >= 15 is 0 Å². The quantitative estimate of drug-likeness (QED) is 0.820. The Labute approximate surface area is 91.4 Å². The van der Waals surface area contributed by atoms with Gasteiger partial charge in [0.05, 0.1) is 7.11 Å². The fourth-order valence-corrected chi connectivity index (χ4v) is 2.19. The normalized spacial score (nSPS) is 18.3. The summed E-state index contributed by atoms with van der Waals surface area (Å²) in [4.78, 5) is 0. The number of ether oxygens (including phenoxy) is 1. The fraction of sp³-hybridized carbons (Fsp3) is 0.538. The van der Waals surface area contributed by atoms with Crippen molar-refractivity contribution >= 4 is 0 Å². The van der Waals surface area contributed by atoms with Crippen molar-refractivity contribution in [3.05, 3.63) is 29.8 Å². The van der Waals surface area contributed by atoms with Gasteiger partial charge >= 0.3 is 0 Å². The third kappa shape index (κ3) is 2.32. The smallest absolute Gasteiger partial charge is 0.123 e. The van der Waals surface area contributed by atoms with Gasteiger partial charge in [0.25, 0.3) is 0 Å². The van der Waals surface area contributed by atoms with E-state index in [-0.39, 0.29) is 6.04 Å². The van der Waals surface area contributed by atoms with Gasteiger partial charge in [-0.05, 0) is 18.4 Å². The second-order valence-electron chi connectivity index (χ2n) is 4.38. The summed E-state index contributed by atoms with van der Waals surface area (Å²) in [6.07, 6.45) is 5.18. The lowest BCUT2D eigenvalue weighted by Gasteiger charge is -2.28. The first-order valence-corrected chi connectivity index (χ1v) is 5.69. The molecule has 2 N–H and O–H groups in total. The molecule has 1 aromatic carbocycles. The molecule has 0 heterocycles. The average molecular weight is 205 g/mol. The maximum Gasteiger partial charge on any atom is 0.123 e. The van der Waals surface area contributed by atoms with E-state index in [0.717, 1.165) is 23.7 Å². The molecule has 0 aliphatic heterocycles. The Morgan fingerprint density at radius 2 is 2.13 bits per heavy atom. The van der Waals surface area contributed by atoms with E-state index in [1.54, 1.807) is 7.11 Å². The highest BCUT2D eigenvalue weighted by molar-refractivity contribution is 5.35. The van der Waals surface area contributed by atoms with Gasteiger partial charge in [0.2, 0.25) is 0 Å². The lowest BCUT2D eigenvalue weighted by atomic mass is 9.80. The Balaban J connectivity index is 2.05. The molecule has 1 unspecified atom stereocenters. The highest BCUT2D eigenvalue weighted by atomic mass is 16.5. The molecule has 0 saturated heterocycles. The van der Waals surface area contributed by atoms with E-state index in [1.807, 2.05) is 18.2 Å². The molecular weight excluding hydrogens is 186 g/mol. The SMILES string of the molecule is COc1ccccc1C(N)CC1CCC1. The highest BCUT2D eigenvalue weighted by Crippen LogP contribution is 2.35. The van der Waals surface area contributed by atoms with Crippen LogP contribution in [0.3, 0.4) is 0 Å². The number of nitrogens with two attached hydrogens (primary N) is 1. The Kier molecular flexibility index (Phi) is 3.27. The Bertz CT molecular complexity index is 320. The summed E-state index contributed by atoms with van der Waals surface area (Å²) in [6.45, 7) is 0. The lowest BCUT2D eigenvalue weighted by Crippen LogP contribution is -2.20. The molecule has 1 aliphatic carbocycles. The second-order valence-corrected chi connectivity index (χ2v) is 4.38. The van der Waals surface area contributed by atoms with Crippen LogP contribution in [0.15, 0.2) is 24.3 Å². The molecule has 82 valence electrons. The predicted octanol–water partition coefficient (Wildman–Crippen LogP) is 2.89. The molecule has 15 heavy (non-hydrogen) atoms. The standard InChI is InChI=1S/C13H19NO/c1-15-13-8-3-2-7-11(13)12(14)9-10-5-4-6-10/h2-3,7-8,10,12H,4-6,9,14H2,1H3. The third-order valence-electron chi connectivity index (χ3n) is 3.35. The molecule has 0 bridgehead atoms. The number of benzene rings is 1. The first-order chi connectivity index (χ1) is 7.31. The predicted molar refractivity (Wildman–Crippen MR) is 61.9 cm³/mol. The van der Waals surface area contributed by atoms with E-state index in [1.165, 1.54) is 19.3 Å². The first kappa shape index (κ1) is 10.5. The van der Waals surface area contributed by atoms with Crippen molar-refractivity contribution in [2.75, 3.05) is 7.11 Å². The third-order valence-corrected chi connectivity index (χ3v) is 3.35. The zero-order chi connectivity index (χ0) is 10.7. The Hall–Kier alpha value is -1.02. The fourth-order valence-electron chi connectivity index (χ4n) is 2.19. The molecule has 1 atom stereocenters. The van der Waals surface area contributed by atoms with Gasteiger partial charge in [0.1, 0.15) is 5.75 Å². The number of hydrogen-bond donors (Lipinski definition) is 1. The van der Waals surface area contributed by atoms with Crippen molar-refractivity contribution in [2.24, 2.45) is 11.7 Å². The van der Waals surface area contributed by atoms with Crippen molar-refractivity contribution < 1.29 is 4.74 Å². The summed E-state index contributed by atoms with van der Waals surface area (Å²) >= 11 is 0. The molecule has 1 saturated carbocycles. The summed E-state index contributed by atoms with van der Waals surface area (Å²) < 4.78 is 5.32. The van der Waals surface area contributed by atoms with Crippen LogP contribution >= 0.6 is 0 Å². The van der Waals surface area contributed by atoms with Crippen molar-refractivity contribution in [3.63, 3.8) is 0 Å². The zero-order valence-corrected chi connectivity index (χ0v) is 9.28. The summed E-state index contributed by atoms with van der Waals surface area (Å²) in [7, 11) is 1.70. The number of methoxy groups -OCH3 is 1. The molecule has 1 aliphatic rings. The number of para-hydroxylation sites is 1. The molecule has 1 aromatic rings. The summed E-state index contributed by atoms with van der Waals surface area (Å²) in [5.74, 6) is 1.76. The molecule has 2 nitrogen and oxygen atoms in total. The summed E-state index contributed by atoms with van der Waals surface area (Å²) in [5, 5.41) is 0. The van der Waals surface area contributed by atoms with Gasteiger partial charge < -0.3 is 10.5 Å². The minimum Gasteiger partial charge on any atom is -0.496 e. The zero-order valence-electron chi connectivity index (χ0n) is 9.28. The minimum atomic E-state index is 0.131. The minimum absolute atomic E-state index is 0.131. The molecule has 0 amide bonds. The van der Waals surface area contributed by atoms with Crippen molar-refractivity contribution in [2.45, 2.75) is 31.7 Å². The van der Waals surface area contributed by atoms with Gasteiger partial charge in [-0.25, -0.2) is 0 Å². The van der Waals surface area contributed by atoms with Crippen LogP contribution in [-0.2, 0) is 0 Å². The van der Waals surface area contributed by atoms with Gasteiger partial charge in [0.15, 0.2) is 0 Å². The molecule has 0 aromatic heterocycles. The Morgan fingerprint density at radius 1 is 1.40 bits per heavy atom. The molecule has 1 fully saturated rings. The van der Waals surface area contributed by atoms with Gasteiger partial charge in [-0.15, -0.1) is 0 Å². The van der Waals surface area contributed by atoms with Gasteiger partial charge in [-0.1, -0.05) is 37.5 Å². The summed E-state index contributed by atoms with van der Waals surface area (Å²) in [6, 6.07) is 8.20. The molecule has 0 spiro atoms. The Morgan fingerprint density at radius 3 is 2.73 bits per heavy atom. The molecular formula is C13H19NO. The van der Waals surface area contributed by atoms with Gasteiger partial charge in [0, 0.05) is 11.6 Å². The van der Waals surface area contributed by atoms with E-state index in [2.05, 4.69) is 6.07 Å². The van der Waals surface area contributed by atoms with E-state index in [4.69, 9.17) is 10.5 Å². The van der Waals surface area contributed by atoms with Gasteiger partial charge in [-0.2, -0.15) is 0 Å². The van der Waals surface area contributed by atoms with Crippen LogP contribution in [0.4, 0.5) is 0 Å². The van der Waals surface area contributed by atoms with E-state index in [9.17, 15) is 0 Å². The van der Waals surface area contributed by atoms with Crippen LogP contribution in [0, 0.1) is 5.92 Å². The number of hydrogen-bond acceptors (Lipinski definition) is 2. The van der Waals surface area contributed by atoms with Crippen LogP contribution in [-0.4, -0.2) is 7.11 Å². The van der Waals surface area contributed by atoms with E-state index in [0.29, 0.717) is 0 Å². The molecule has 2 rings (SSSR count). The second kappa shape index (κ2) is 4.67. The average Bonchev–Trinajstić information content (AvgIpc) is 2.23. The summed E-state index contributed by atoms with van der Waals surface area (Å²) in [5.41, 5.74) is 7.35. The van der Waals surface area contributed by atoms with Crippen molar-refractivity contribution in [1.82, 2.24) is 0 Å². The lowest BCUT2D eigenvalue weighted by molar-refractivity contribution is 0.275. The molecule has 2 heteroatoms. The number of rotatable bonds is 4. The first-order valence-electron chi connectivity index (χ1n) is 5.69. The monoisotopic (exact) mass is 205 g/mol. The topological polar surface area (TPSA) is 35.2 Å². The van der Waals surface area contributed by atoms with Crippen LogP contribution in [0.25, 0.3) is 0 Å². The largest absolute Gasteiger partial charge is 0.496 e. The maximum atomic E-state index is 6.20. The highest BCUT2D eigenvalue weighted by Gasteiger charge is 2.22. The van der Waals surface area contributed by atoms with Crippen molar-refractivity contribution in [1.29, 1.82) is 0 Å². The van der Waals surface area contributed by atoms with Crippen LogP contribution in [0.1, 0.15) is 37.3 Å².